The molecule has 3 rings (SSSR count). The molecule has 7 heteroatoms. The van der Waals surface area contributed by atoms with Crippen LogP contribution >= 0.6 is 0 Å². The molecule has 100 valence electrons. The molecule has 0 amide bonds. The maximum Gasteiger partial charge on any atom is 0.305 e. The summed E-state index contributed by atoms with van der Waals surface area (Å²) in [6.45, 7) is 0.214. The SMILES string of the molecule is O=C(O)CCn1nnnc1-c1ccc2ccccc2n1. The molecule has 0 aliphatic heterocycles. The number of aromatic nitrogens is 5. The average molecular weight is 269 g/mol. The lowest BCUT2D eigenvalue weighted by atomic mass is 10.2. The van der Waals surface area contributed by atoms with E-state index in [1.807, 2.05) is 36.4 Å². The fraction of sp³-hybridized carbons (Fsp3) is 0.154. The maximum absolute atomic E-state index is 10.6. The van der Waals surface area contributed by atoms with E-state index in [0.717, 1.165) is 10.9 Å². The van der Waals surface area contributed by atoms with Gasteiger partial charge in [-0.15, -0.1) is 5.10 Å². The summed E-state index contributed by atoms with van der Waals surface area (Å²) in [5, 5.41) is 21.0. The van der Waals surface area contributed by atoms with Gasteiger partial charge in [0.2, 0.25) is 5.82 Å². The van der Waals surface area contributed by atoms with Crippen LogP contribution in [0.25, 0.3) is 22.4 Å². The molecule has 3 aromatic rings. The van der Waals surface area contributed by atoms with Crippen molar-refractivity contribution in [2.24, 2.45) is 0 Å². The lowest BCUT2D eigenvalue weighted by Crippen LogP contribution is -2.08. The van der Waals surface area contributed by atoms with Crippen molar-refractivity contribution in [1.29, 1.82) is 0 Å². The zero-order chi connectivity index (χ0) is 13.9. The normalized spacial score (nSPS) is 10.8. The third-order valence-corrected chi connectivity index (χ3v) is 2.90. The summed E-state index contributed by atoms with van der Waals surface area (Å²) >= 11 is 0. The minimum atomic E-state index is -0.891. The summed E-state index contributed by atoms with van der Waals surface area (Å²) in [5.74, 6) is -0.421. The fourth-order valence-corrected chi connectivity index (χ4v) is 1.93. The molecule has 0 saturated carbocycles. The smallest absolute Gasteiger partial charge is 0.305 e. The molecule has 2 heterocycles. The highest BCUT2D eigenvalue weighted by molar-refractivity contribution is 5.80. The molecular weight excluding hydrogens is 258 g/mol. The van der Waals surface area contributed by atoms with Gasteiger partial charge >= 0.3 is 5.97 Å². The lowest BCUT2D eigenvalue weighted by Gasteiger charge is -2.03. The number of fused-ring (bicyclic) bond motifs is 1. The number of carbonyl (C=O) groups is 1. The second kappa shape index (κ2) is 5.04. The van der Waals surface area contributed by atoms with Crippen LogP contribution in [-0.2, 0) is 11.3 Å². The monoisotopic (exact) mass is 269 g/mol. The maximum atomic E-state index is 10.6. The summed E-state index contributed by atoms with van der Waals surface area (Å²) in [6.07, 6.45) is -0.0361. The summed E-state index contributed by atoms with van der Waals surface area (Å²) in [4.78, 5) is 15.1. The first-order valence-corrected chi connectivity index (χ1v) is 6.08. The van der Waals surface area contributed by atoms with Crippen molar-refractivity contribution in [3.63, 3.8) is 0 Å². The van der Waals surface area contributed by atoms with E-state index in [1.165, 1.54) is 4.68 Å². The Labute approximate surface area is 113 Å². The zero-order valence-corrected chi connectivity index (χ0v) is 10.5. The topological polar surface area (TPSA) is 93.8 Å². The van der Waals surface area contributed by atoms with Gasteiger partial charge in [0.15, 0.2) is 0 Å². The predicted molar refractivity (Wildman–Crippen MR) is 70.8 cm³/mol. The van der Waals surface area contributed by atoms with Crippen LogP contribution in [0.15, 0.2) is 36.4 Å². The van der Waals surface area contributed by atoms with Gasteiger partial charge in [-0.3, -0.25) is 4.79 Å². The molecule has 2 aromatic heterocycles. The molecular formula is C13H11N5O2. The number of aryl methyl sites for hydroxylation is 1. The van der Waals surface area contributed by atoms with Gasteiger partial charge in [-0.2, -0.15) is 0 Å². The van der Waals surface area contributed by atoms with Gasteiger partial charge in [-0.25, -0.2) is 9.67 Å². The third kappa shape index (κ3) is 2.33. The number of hydrogen-bond acceptors (Lipinski definition) is 5. The molecule has 0 saturated heterocycles. The van der Waals surface area contributed by atoms with Gasteiger partial charge in [0, 0.05) is 5.39 Å². The van der Waals surface area contributed by atoms with Gasteiger partial charge in [0.05, 0.1) is 18.5 Å². The summed E-state index contributed by atoms with van der Waals surface area (Å²) in [5.41, 5.74) is 1.47. The summed E-state index contributed by atoms with van der Waals surface area (Å²) in [6, 6.07) is 11.5. The number of benzene rings is 1. The molecule has 0 fully saturated rings. The zero-order valence-electron chi connectivity index (χ0n) is 10.5. The molecule has 0 bridgehead atoms. The number of rotatable bonds is 4. The first-order chi connectivity index (χ1) is 9.74. The van der Waals surface area contributed by atoms with E-state index >= 15 is 0 Å². The van der Waals surface area contributed by atoms with Crippen molar-refractivity contribution in [2.45, 2.75) is 13.0 Å². The van der Waals surface area contributed by atoms with E-state index in [0.29, 0.717) is 11.5 Å². The van der Waals surface area contributed by atoms with Gasteiger partial charge in [0.1, 0.15) is 5.69 Å². The number of carboxylic acid groups (broad SMARTS) is 1. The van der Waals surface area contributed by atoms with E-state index in [9.17, 15) is 4.79 Å². The molecule has 1 N–H and O–H groups in total. The van der Waals surface area contributed by atoms with Gasteiger partial charge in [-0.05, 0) is 22.6 Å². The van der Waals surface area contributed by atoms with Crippen molar-refractivity contribution >= 4 is 16.9 Å². The number of nitrogens with zero attached hydrogens (tertiary/aromatic N) is 5. The highest BCUT2D eigenvalue weighted by atomic mass is 16.4. The van der Waals surface area contributed by atoms with Crippen molar-refractivity contribution in [3.8, 4) is 11.5 Å². The number of pyridine rings is 1. The molecule has 0 aliphatic rings. The molecule has 0 radical (unpaired) electrons. The number of carboxylic acids is 1. The standard InChI is InChI=1S/C13H11N5O2/c19-12(20)7-8-18-13(15-16-17-18)11-6-5-9-3-1-2-4-10(9)14-11/h1-6H,7-8H2,(H,19,20). The van der Waals surface area contributed by atoms with Gasteiger partial charge in [-0.1, -0.05) is 24.3 Å². The quantitative estimate of drug-likeness (QED) is 0.768. The Morgan fingerprint density at radius 2 is 2.05 bits per heavy atom. The van der Waals surface area contributed by atoms with Crippen LogP contribution in [0.2, 0.25) is 0 Å². The van der Waals surface area contributed by atoms with E-state index in [4.69, 9.17) is 5.11 Å². The van der Waals surface area contributed by atoms with Crippen LogP contribution in [-0.4, -0.2) is 36.3 Å². The van der Waals surface area contributed by atoms with E-state index < -0.39 is 5.97 Å². The van der Waals surface area contributed by atoms with Gasteiger partial charge < -0.3 is 5.11 Å². The fourth-order valence-electron chi connectivity index (χ4n) is 1.93. The third-order valence-electron chi connectivity index (χ3n) is 2.90. The molecule has 20 heavy (non-hydrogen) atoms. The Kier molecular flexibility index (Phi) is 3.08. The Morgan fingerprint density at radius 1 is 1.20 bits per heavy atom. The highest BCUT2D eigenvalue weighted by Crippen LogP contribution is 2.18. The second-order valence-electron chi connectivity index (χ2n) is 4.26. The van der Waals surface area contributed by atoms with Crippen LogP contribution < -0.4 is 0 Å². The Morgan fingerprint density at radius 3 is 2.90 bits per heavy atom. The lowest BCUT2D eigenvalue weighted by molar-refractivity contribution is -0.137. The minimum absolute atomic E-state index is 0.0361. The largest absolute Gasteiger partial charge is 0.481 e. The Hall–Kier alpha value is -2.83. The van der Waals surface area contributed by atoms with Crippen LogP contribution in [0.3, 0.4) is 0 Å². The average Bonchev–Trinajstić information content (AvgIpc) is 2.93. The summed E-state index contributed by atoms with van der Waals surface area (Å²) < 4.78 is 1.45. The number of tetrazole rings is 1. The number of hydrogen-bond donors (Lipinski definition) is 1. The van der Waals surface area contributed by atoms with Crippen LogP contribution in [0.4, 0.5) is 0 Å². The number of aliphatic carboxylic acids is 1. The Bertz CT molecular complexity index is 768. The van der Waals surface area contributed by atoms with Crippen molar-refractivity contribution in [1.82, 2.24) is 25.2 Å². The van der Waals surface area contributed by atoms with Crippen molar-refractivity contribution < 1.29 is 9.90 Å². The van der Waals surface area contributed by atoms with Crippen molar-refractivity contribution in [2.75, 3.05) is 0 Å². The number of para-hydroxylation sites is 1. The minimum Gasteiger partial charge on any atom is -0.481 e. The van der Waals surface area contributed by atoms with E-state index in [-0.39, 0.29) is 13.0 Å². The molecule has 0 unspecified atom stereocenters. The van der Waals surface area contributed by atoms with Gasteiger partial charge in [0.25, 0.3) is 0 Å². The first kappa shape index (κ1) is 12.2. The summed E-state index contributed by atoms with van der Waals surface area (Å²) in [7, 11) is 0. The molecule has 0 spiro atoms. The van der Waals surface area contributed by atoms with E-state index in [2.05, 4.69) is 20.5 Å². The molecule has 0 aliphatic carbocycles. The van der Waals surface area contributed by atoms with Crippen LogP contribution in [0.1, 0.15) is 6.42 Å². The molecule has 0 atom stereocenters. The van der Waals surface area contributed by atoms with Crippen molar-refractivity contribution in [3.05, 3.63) is 36.4 Å². The first-order valence-electron chi connectivity index (χ1n) is 6.08. The Balaban J connectivity index is 1.98. The molecule has 7 nitrogen and oxygen atoms in total. The predicted octanol–water partition coefficient (Wildman–Crippen LogP) is 1.36. The van der Waals surface area contributed by atoms with Crippen LogP contribution in [0.5, 0.6) is 0 Å². The van der Waals surface area contributed by atoms with Crippen LogP contribution in [0, 0.1) is 0 Å². The molecule has 1 aromatic carbocycles. The second-order valence-corrected chi connectivity index (χ2v) is 4.26. The highest BCUT2D eigenvalue weighted by Gasteiger charge is 2.11. The van der Waals surface area contributed by atoms with E-state index in [1.54, 1.807) is 0 Å².